The van der Waals surface area contributed by atoms with Crippen molar-refractivity contribution < 1.29 is 14.3 Å². The second-order valence-electron chi connectivity index (χ2n) is 9.18. The zero-order valence-electron chi connectivity index (χ0n) is 20.3. The largest absolute Gasteiger partial charge is 0.454 e. The number of carbonyl (C=O) groups is 1. The minimum Gasteiger partial charge on any atom is -0.454 e. The molecule has 0 fully saturated rings. The van der Waals surface area contributed by atoms with Crippen molar-refractivity contribution in [3.63, 3.8) is 0 Å². The number of amides is 1. The first-order valence-electron chi connectivity index (χ1n) is 12.5. The highest BCUT2D eigenvalue weighted by Crippen LogP contribution is 2.33. The number of fused-ring (bicyclic) bond motifs is 2. The SMILES string of the molecule is CCCCCc1ccc(C(=O)N(CCc2c[nH]c3ccccc23)Cc2ccc3c(c2)OCO3)cc1. The van der Waals surface area contributed by atoms with Crippen LogP contribution in [0, 0.1) is 0 Å². The molecule has 1 N–H and O–H groups in total. The third-order valence-corrected chi connectivity index (χ3v) is 6.69. The summed E-state index contributed by atoms with van der Waals surface area (Å²) in [6, 6.07) is 22.3. The molecule has 0 saturated heterocycles. The van der Waals surface area contributed by atoms with Gasteiger partial charge in [0.1, 0.15) is 0 Å². The van der Waals surface area contributed by atoms with E-state index in [1.165, 1.54) is 35.8 Å². The summed E-state index contributed by atoms with van der Waals surface area (Å²) in [6.07, 6.45) is 7.52. The Balaban J connectivity index is 1.35. The van der Waals surface area contributed by atoms with Crippen LogP contribution in [0.1, 0.15) is 53.2 Å². The van der Waals surface area contributed by atoms with Crippen molar-refractivity contribution >= 4 is 16.8 Å². The van der Waals surface area contributed by atoms with Crippen molar-refractivity contribution in [3.8, 4) is 11.5 Å². The Hall–Kier alpha value is -3.73. The molecule has 0 radical (unpaired) electrons. The summed E-state index contributed by atoms with van der Waals surface area (Å²) in [5.74, 6) is 1.54. The molecule has 35 heavy (non-hydrogen) atoms. The lowest BCUT2D eigenvalue weighted by atomic mass is 10.0. The fourth-order valence-electron chi connectivity index (χ4n) is 4.68. The minimum absolute atomic E-state index is 0.0441. The molecule has 0 bridgehead atoms. The van der Waals surface area contributed by atoms with Gasteiger partial charge in [-0.2, -0.15) is 0 Å². The first-order valence-corrected chi connectivity index (χ1v) is 12.5. The molecule has 4 aromatic rings. The Kier molecular flexibility index (Phi) is 7.03. The van der Waals surface area contributed by atoms with Crippen LogP contribution in [0.5, 0.6) is 11.5 Å². The lowest BCUT2D eigenvalue weighted by molar-refractivity contribution is 0.0745. The maximum Gasteiger partial charge on any atom is 0.254 e. The number of rotatable bonds is 10. The zero-order valence-corrected chi connectivity index (χ0v) is 20.3. The Morgan fingerprint density at radius 2 is 1.71 bits per heavy atom. The molecule has 2 heterocycles. The fraction of sp³-hybridized carbons (Fsp3) is 0.300. The summed E-state index contributed by atoms with van der Waals surface area (Å²) in [7, 11) is 0. The number of nitrogens with zero attached hydrogens (tertiary/aromatic N) is 1. The van der Waals surface area contributed by atoms with Gasteiger partial charge in [-0.25, -0.2) is 0 Å². The molecule has 5 rings (SSSR count). The molecule has 0 spiro atoms. The van der Waals surface area contributed by atoms with E-state index in [1.54, 1.807) is 0 Å². The van der Waals surface area contributed by atoms with Gasteiger partial charge in [-0.3, -0.25) is 4.79 Å². The number of H-pyrrole nitrogens is 1. The number of hydrogen-bond donors (Lipinski definition) is 1. The minimum atomic E-state index is 0.0441. The Labute approximate surface area is 206 Å². The van der Waals surface area contributed by atoms with Crippen LogP contribution in [-0.2, 0) is 19.4 Å². The van der Waals surface area contributed by atoms with Gasteiger partial charge >= 0.3 is 0 Å². The highest BCUT2D eigenvalue weighted by atomic mass is 16.7. The van der Waals surface area contributed by atoms with Crippen molar-refractivity contribution in [1.82, 2.24) is 9.88 Å². The first-order chi connectivity index (χ1) is 17.2. The van der Waals surface area contributed by atoms with E-state index in [-0.39, 0.29) is 12.7 Å². The number of ether oxygens (including phenoxy) is 2. The third-order valence-electron chi connectivity index (χ3n) is 6.69. The summed E-state index contributed by atoms with van der Waals surface area (Å²) in [5.41, 5.74) is 5.38. The average molecular weight is 469 g/mol. The van der Waals surface area contributed by atoms with Gasteiger partial charge in [-0.05, 0) is 66.3 Å². The van der Waals surface area contributed by atoms with Gasteiger partial charge < -0.3 is 19.4 Å². The number of hydrogen-bond acceptors (Lipinski definition) is 3. The number of para-hydroxylation sites is 1. The summed E-state index contributed by atoms with van der Waals surface area (Å²) in [4.78, 5) is 18.9. The van der Waals surface area contributed by atoms with E-state index >= 15 is 0 Å². The van der Waals surface area contributed by atoms with Crippen molar-refractivity contribution in [2.75, 3.05) is 13.3 Å². The van der Waals surface area contributed by atoms with E-state index in [9.17, 15) is 4.79 Å². The lowest BCUT2D eigenvalue weighted by Gasteiger charge is -2.23. The lowest BCUT2D eigenvalue weighted by Crippen LogP contribution is -2.32. The molecule has 180 valence electrons. The monoisotopic (exact) mass is 468 g/mol. The smallest absolute Gasteiger partial charge is 0.254 e. The highest BCUT2D eigenvalue weighted by Gasteiger charge is 2.19. The molecule has 0 aliphatic carbocycles. The molecule has 1 amide bonds. The van der Waals surface area contributed by atoms with Gasteiger partial charge in [0.25, 0.3) is 5.91 Å². The van der Waals surface area contributed by atoms with Gasteiger partial charge in [0, 0.05) is 35.8 Å². The van der Waals surface area contributed by atoms with Crippen LogP contribution >= 0.6 is 0 Å². The Morgan fingerprint density at radius 3 is 2.57 bits per heavy atom. The highest BCUT2D eigenvalue weighted by molar-refractivity contribution is 5.94. The van der Waals surface area contributed by atoms with E-state index in [0.29, 0.717) is 13.1 Å². The summed E-state index contributed by atoms with van der Waals surface area (Å²) in [5, 5.41) is 1.21. The van der Waals surface area contributed by atoms with Crippen molar-refractivity contribution in [3.05, 3.63) is 95.2 Å². The molecule has 1 aliphatic rings. The number of aromatic nitrogens is 1. The van der Waals surface area contributed by atoms with Crippen LogP contribution in [0.25, 0.3) is 10.9 Å². The second kappa shape index (κ2) is 10.7. The predicted molar refractivity (Wildman–Crippen MR) is 139 cm³/mol. The molecular weight excluding hydrogens is 436 g/mol. The zero-order chi connectivity index (χ0) is 24.0. The van der Waals surface area contributed by atoms with Crippen molar-refractivity contribution in [2.45, 2.75) is 45.6 Å². The summed E-state index contributed by atoms with van der Waals surface area (Å²) >= 11 is 0. The van der Waals surface area contributed by atoms with Crippen LogP contribution in [0.2, 0.25) is 0 Å². The van der Waals surface area contributed by atoms with Gasteiger partial charge in [0.2, 0.25) is 6.79 Å². The molecule has 1 aromatic heterocycles. The summed E-state index contributed by atoms with van der Waals surface area (Å²) in [6.45, 7) is 3.59. The van der Waals surface area contributed by atoms with Gasteiger partial charge in [-0.15, -0.1) is 0 Å². The maximum atomic E-state index is 13.6. The summed E-state index contributed by atoms with van der Waals surface area (Å²) < 4.78 is 11.0. The van der Waals surface area contributed by atoms with Crippen LogP contribution in [0.3, 0.4) is 0 Å². The van der Waals surface area contributed by atoms with Crippen LogP contribution < -0.4 is 9.47 Å². The van der Waals surface area contributed by atoms with E-state index in [4.69, 9.17) is 9.47 Å². The first kappa shape index (κ1) is 23.0. The molecule has 0 unspecified atom stereocenters. The van der Waals surface area contributed by atoms with Crippen LogP contribution in [0.15, 0.2) is 72.9 Å². The van der Waals surface area contributed by atoms with Crippen molar-refractivity contribution in [1.29, 1.82) is 0 Å². The van der Waals surface area contributed by atoms with Gasteiger partial charge in [0.15, 0.2) is 11.5 Å². The van der Waals surface area contributed by atoms with E-state index in [0.717, 1.165) is 41.0 Å². The normalized spacial score (nSPS) is 12.3. The third kappa shape index (κ3) is 5.35. The number of aromatic amines is 1. The number of aryl methyl sites for hydroxylation is 1. The topological polar surface area (TPSA) is 54.6 Å². The Bertz CT molecular complexity index is 1290. The molecule has 5 nitrogen and oxygen atoms in total. The van der Waals surface area contributed by atoms with Gasteiger partial charge in [0.05, 0.1) is 0 Å². The molecule has 0 atom stereocenters. The van der Waals surface area contributed by atoms with E-state index < -0.39 is 0 Å². The second-order valence-corrected chi connectivity index (χ2v) is 9.18. The standard InChI is InChI=1S/C30H32N2O3/c1-2-3-4-7-22-10-13-24(14-11-22)30(33)32(20-23-12-15-28-29(18-23)35-21-34-28)17-16-25-19-31-27-9-6-5-8-26(25)27/h5-6,8-15,18-19,31H,2-4,7,16-17,20-21H2,1H3. The molecule has 3 aromatic carbocycles. The number of nitrogens with one attached hydrogen (secondary N) is 1. The van der Waals surface area contributed by atoms with Gasteiger partial charge in [-0.1, -0.05) is 56.2 Å². The fourth-order valence-corrected chi connectivity index (χ4v) is 4.68. The molecule has 0 saturated carbocycles. The average Bonchev–Trinajstić information content (AvgIpc) is 3.53. The Morgan fingerprint density at radius 1 is 0.914 bits per heavy atom. The number of carbonyl (C=O) groups excluding carboxylic acids is 1. The van der Waals surface area contributed by atoms with E-state index in [2.05, 4.69) is 48.4 Å². The molecule has 5 heteroatoms. The predicted octanol–water partition coefficient (Wildman–Crippen LogP) is 6.51. The molecule has 1 aliphatic heterocycles. The van der Waals surface area contributed by atoms with E-state index in [1.807, 2.05) is 41.3 Å². The van der Waals surface area contributed by atoms with Crippen LogP contribution in [-0.4, -0.2) is 29.1 Å². The molecular formula is C30H32N2O3. The van der Waals surface area contributed by atoms with Crippen LogP contribution in [0.4, 0.5) is 0 Å². The number of unbranched alkanes of at least 4 members (excludes halogenated alkanes) is 2. The number of benzene rings is 3. The maximum absolute atomic E-state index is 13.6. The quantitative estimate of drug-likeness (QED) is 0.270. The van der Waals surface area contributed by atoms with Crippen molar-refractivity contribution in [2.24, 2.45) is 0 Å².